The first-order chi connectivity index (χ1) is 12.0. The molecule has 0 radical (unpaired) electrons. The Hall–Kier alpha value is -3.22. The van der Waals surface area contributed by atoms with Crippen LogP contribution in [0.1, 0.15) is 5.56 Å². The van der Waals surface area contributed by atoms with Crippen molar-refractivity contribution in [2.24, 2.45) is 0 Å². The van der Waals surface area contributed by atoms with E-state index in [4.69, 9.17) is 4.74 Å². The summed E-state index contributed by atoms with van der Waals surface area (Å²) in [4.78, 5) is 8.19. The van der Waals surface area contributed by atoms with E-state index in [1.165, 1.54) is 18.5 Å². The number of rotatable bonds is 5. The van der Waals surface area contributed by atoms with Crippen molar-refractivity contribution in [3.63, 3.8) is 0 Å². The van der Waals surface area contributed by atoms with Gasteiger partial charge in [0.05, 0.1) is 18.5 Å². The van der Waals surface area contributed by atoms with E-state index >= 15 is 0 Å². The average Bonchev–Trinajstić information content (AvgIpc) is 2.58. The van der Waals surface area contributed by atoms with Gasteiger partial charge in [0.25, 0.3) is 0 Å². The van der Waals surface area contributed by atoms with Crippen LogP contribution < -0.4 is 15.4 Å². The summed E-state index contributed by atoms with van der Waals surface area (Å²) in [7, 11) is 1.58. The van der Waals surface area contributed by atoms with Gasteiger partial charge in [0.1, 0.15) is 35.3 Å². The molecule has 0 bridgehead atoms. The molecule has 0 fully saturated rings. The minimum Gasteiger partial charge on any atom is -0.495 e. The molecule has 0 amide bonds. The monoisotopic (exact) mass is 342 g/mol. The van der Waals surface area contributed by atoms with E-state index in [-0.39, 0.29) is 5.69 Å². The van der Waals surface area contributed by atoms with Crippen LogP contribution in [0.15, 0.2) is 48.8 Å². The quantitative estimate of drug-likeness (QED) is 0.712. The fraction of sp³-hybridized carbons (Fsp3) is 0.111. The van der Waals surface area contributed by atoms with E-state index in [9.17, 15) is 8.78 Å². The van der Waals surface area contributed by atoms with Crippen LogP contribution in [0.5, 0.6) is 5.75 Å². The number of methoxy groups -OCH3 is 1. The molecule has 5 nitrogen and oxygen atoms in total. The van der Waals surface area contributed by atoms with Gasteiger partial charge in [-0.3, -0.25) is 0 Å². The number of aromatic nitrogens is 2. The Bertz CT molecular complexity index is 902. The summed E-state index contributed by atoms with van der Waals surface area (Å²) in [6.45, 7) is 1.97. The number of nitrogens with one attached hydrogen (secondary N) is 2. The number of hydrogen-bond acceptors (Lipinski definition) is 5. The molecule has 25 heavy (non-hydrogen) atoms. The molecule has 2 aromatic carbocycles. The van der Waals surface area contributed by atoms with Crippen molar-refractivity contribution in [2.75, 3.05) is 17.7 Å². The first-order valence-corrected chi connectivity index (χ1v) is 7.51. The maximum absolute atomic E-state index is 13.7. The topological polar surface area (TPSA) is 59.1 Å². The third-order valence-corrected chi connectivity index (χ3v) is 3.48. The predicted octanol–water partition coefficient (Wildman–Crippen LogP) is 4.56. The predicted molar refractivity (Wildman–Crippen MR) is 92.7 cm³/mol. The Morgan fingerprint density at radius 3 is 2.28 bits per heavy atom. The zero-order chi connectivity index (χ0) is 17.8. The van der Waals surface area contributed by atoms with Crippen LogP contribution in [0.2, 0.25) is 0 Å². The molecule has 0 saturated heterocycles. The van der Waals surface area contributed by atoms with Crippen LogP contribution in [-0.4, -0.2) is 17.1 Å². The molecule has 7 heteroatoms. The van der Waals surface area contributed by atoms with Crippen molar-refractivity contribution in [1.29, 1.82) is 0 Å². The van der Waals surface area contributed by atoms with E-state index in [2.05, 4.69) is 20.6 Å². The van der Waals surface area contributed by atoms with Crippen molar-refractivity contribution in [3.05, 3.63) is 66.0 Å². The molecule has 3 rings (SSSR count). The van der Waals surface area contributed by atoms with Gasteiger partial charge in [-0.1, -0.05) is 6.07 Å². The Morgan fingerprint density at radius 1 is 0.880 bits per heavy atom. The molecule has 0 aliphatic rings. The van der Waals surface area contributed by atoms with Crippen LogP contribution in [0.25, 0.3) is 0 Å². The SMILES string of the molecule is COc1ccc(C)cc1Nc1cc(Nc2ccc(F)cc2F)ncn1. The lowest BCUT2D eigenvalue weighted by molar-refractivity contribution is 0.416. The molecular weight excluding hydrogens is 326 g/mol. The van der Waals surface area contributed by atoms with Gasteiger partial charge in [0.15, 0.2) is 0 Å². The summed E-state index contributed by atoms with van der Waals surface area (Å²) in [5.74, 6) is 0.204. The van der Waals surface area contributed by atoms with Crippen LogP contribution >= 0.6 is 0 Å². The second-order valence-electron chi connectivity index (χ2n) is 5.37. The maximum atomic E-state index is 13.7. The van der Waals surface area contributed by atoms with Gasteiger partial charge in [-0.05, 0) is 36.8 Å². The van der Waals surface area contributed by atoms with Crippen LogP contribution in [-0.2, 0) is 0 Å². The summed E-state index contributed by atoms with van der Waals surface area (Å²) >= 11 is 0. The normalized spacial score (nSPS) is 10.4. The van der Waals surface area contributed by atoms with Gasteiger partial charge in [0.2, 0.25) is 0 Å². The lowest BCUT2D eigenvalue weighted by atomic mass is 10.2. The highest BCUT2D eigenvalue weighted by Gasteiger charge is 2.08. The smallest absolute Gasteiger partial charge is 0.149 e. The minimum atomic E-state index is -0.700. The summed E-state index contributed by atoms with van der Waals surface area (Å²) < 4.78 is 32.0. The first-order valence-electron chi connectivity index (χ1n) is 7.51. The fourth-order valence-corrected chi connectivity index (χ4v) is 2.28. The van der Waals surface area contributed by atoms with E-state index in [1.807, 2.05) is 25.1 Å². The van der Waals surface area contributed by atoms with E-state index in [0.29, 0.717) is 17.4 Å². The number of halogens is 2. The van der Waals surface area contributed by atoms with Crippen molar-refractivity contribution in [3.8, 4) is 5.75 Å². The maximum Gasteiger partial charge on any atom is 0.149 e. The van der Waals surface area contributed by atoms with Gasteiger partial charge in [-0.25, -0.2) is 18.7 Å². The summed E-state index contributed by atoms with van der Waals surface area (Å²) in [5.41, 5.74) is 1.93. The van der Waals surface area contributed by atoms with Gasteiger partial charge < -0.3 is 15.4 Å². The molecule has 1 aromatic heterocycles. The first kappa shape index (κ1) is 16.6. The number of ether oxygens (including phenoxy) is 1. The molecule has 0 aliphatic heterocycles. The lowest BCUT2D eigenvalue weighted by Gasteiger charge is -2.12. The highest BCUT2D eigenvalue weighted by Crippen LogP contribution is 2.28. The molecule has 0 atom stereocenters. The van der Waals surface area contributed by atoms with Crippen LogP contribution in [0.4, 0.5) is 31.8 Å². The zero-order valence-corrected chi connectivity index (χ0v) is 13.7. The fourth-order valence-electron chi connectivity index (χ4n) is 2.28. The van der Waals surface area contributed by atoms with Crippen LogP contribution in [0.3, 0.4) is 0 Å². The molecule has 128 valence electrons. The molecular formula is C18H16F2N4O. The third kappa shape index (κ3) is 4.00. The van der Waals surface area contributed by atoms with E-state index in [0.717, 1.165) is 17.3 Å². The Balaban J connectivity index is 1.83. The van der Waals surface area contributed by atoms with Gasteiger partial charge in [-0.15, -0.1) is 0 Å². The Kier molecular flexibility index (Phi) is 4.74. The van der Waals surface area contributed by atoms with E-state index < -0.39 is 11.6 Å². The number of hydrogen-bond donors (Lipinski definition) is 2. The summed E-state index contributed by atoms with van der Waals surface area (Å²) in [6, 6.07) is 10.6. The average molecular weight is 342 g/mol. The van der Waals surface area contributed by atoms with Crippen molar-refractivity contribution < 1.29 is 13.5 Å². The van der Waals surface area contributed by atoms with Crippen molar-refractivity contribution >= 4 is 23.0 Å². The molecule has 0 aliphatic carbocycles. The molecule has 0 unspecified atom stereocenters. The second kappa shape index (κ2) is 7.12. The number of nitrogens with zero attached hydrogens (tertiary/aromatic N) is 2. The Morgan fingerprint density at radius 2 is 1.60 bits per heavy atom. The van der Waals surface area contributed by atoms with Gasteiger partial charge in [0, 0.05) is 12.1 Å². The van der Waals surface area contributed by atoms with Gasteiger partial charge in [-0.2, -0.15) is 0 Å². The molecule has 0 spiro atoms. The zero-order valence-electron chi connectivity index (χ0n) is 13.7. The molecule has 3 aromatic rings. The van der Waals surface area contributed by atoms with Crippen molar-refractivity contribution in [2.45, 2.75) is 6.92 Å². The number of anilines is 4. The third-order valence-electron chi connectivity index (χ3n) is 3.48. The van der Waals surface area contributed by atoms with Crippen molar-refractivity contribution in [1.82, 2.24) is 9.97 Å². The highest BCUT2D eigenvalue weighted by molar-refractivity contribution is 5.67. The largest absolute Gasteiger partial charge is 0.495 e. The van der Waals surface area contributed by atoms with Gasteiger partial charge >= 0.3 is 0 Å². The van der Waals surface area contributed by atoms with Crippen LogP contribution in [0, 0.1) is 18.6 Å². The number of aryl methyl sites for hydroxylation is 1. The van der Waals surface area contributed by atoms with E-state index in [1.54, 1.807) is 13.2 Å². The molecule has 1 heterocycles. The number of benzene rings is 2. The summed E-state index contributed by atoms with van der Waals surface area (Å²) in [5, 5.41) is 5.95. The minimum absolute atomic E-state index is 0.124. The molecule has 2 N–H and O–H groups in total. The molecule has 0 saturated carbocycles. The highest BCUT2D eigenvalue weighted by atomic mass is 19.1. The summed E-state index contributed by atoms with van der Waals surface area (Å²) in [6.07, 6.45) is 1.34. The Labute approximate surface area is 143 Å². The second-order valence-corrected chi connectivity index (χ2v) is 5.37. The standard InChI is InChI=1S/C18H16F2N4O/c1-11-3-6-16(25-2)15(7-11)24-18-9-17(21-10-22-18)23-14-5-4-12(19)8-13(14)20/h3-10H,1-2H3,(H2,21,22,23,24). The lowest BCUT2D eigenvalue weighted by Crippen LogP contribution is -2.01.